The predicted molar refractivity (Wildman–Crippen MR) is 132 cm³/mol. The second-order valence-electron chi connectivity index (χ2n) is 7.47. The van der Waals surface area contributed by atoms with Crippen molar-refractivity contribution in [2.24, 2.45) is 10.4 Å². The number of carbonyl (C=O) groups is 1. The predicted octanol–water partition coefficient (Wildman–Crippen LogP) is 3.36. The Morgan fingerprint density at radius 3 is 2.57 bits per heavy atom. The number of hydrogen-bond acceptors (Lipinski definition) is 3. The van der Waals surface area contributed by atoms with Crippen LogP contribution >= 0.6 is 39.9 Å². The van der Waals surface area contributed by atoms with Gasteiger partial charge in [0.05, 0.1) is 17.6 Å². The summed E-state index contributed by atoms with van der Waals surface area (Å²) >= 11 is 3.64. The SMILES string of the molecule is CCNC(=O)C(C)(C)CN=C(NCC)NC1CCN(c2ccccc2Br)C1.I. The molecule has 0 aromatic heterocycles. The van der Waals surface area contributed by atoms with E-state index in [4.69, 9.17) is 0 Å². The number of anilines is 1. The Morgan fingerprint density at radius 1 is 1.25 bits per heavy atom. The zero-order valence-electron chi connectivity index (χ0n) is 17.2. The maximum atomic E-state index is 12.2. The van der Waals surface area contributed by atoms with E-state index in [1.54, 1.807) is 0 Å². The molecule has 1 unspecified atom stereocenters. The molecular weight excluding hydrogens is 533 g/mol. The lowest BCUT2D eigenvalue weighted by Crippen LogP contribution is -2.46. The number of amides is 1. The van der Waals surface area contributed by atoms with E-state index < -0.39 is 5.41 Å². The molecule has 1 fully saturated rings. The number of guanidine groups is 1. The van der Waals surface area contributed by atoms with Crippen LogP contribution in [-0.4, -0.2) is 50.6 Å². The fraction of sp³-hybridized carbons (Fsp3) is 0.600. The van der Waals surface area contributed by atoms with Crippen molar-refractivity contribution in [1.82, 2.24) is 16.0 Å². The van der Waals surface area contributed by atoms with Gasteiger partial charge in [-0.05, 0) is 62.2 Å². The van der Waals surface area contributed by atoms with Crippen molar-refractivity contribution in [2.75, 3.05) is 37.6 Å². The number of rotatable bonds is 7. The maximum Gasteiger partial charge on any atom is 0.227 e. The van der Waals surface area contributed by atoms with E-state index in [9.17, 15) is 4.79 Å². The van der Waals surface area contributed by atoms with Gasteiger partial charge in [0.15, 0.2) is 5.96 Å². The first kappa shape index (κ1) is 25.0. The second-order valence-corrected chi connectivity index (χ2v) is 8.32. The molecule has 6 nitrogen and oxygen atoms in total. The summed E-state index contributed by atoms with van der Waals surface area (Å²) in [6, 6.07) is 8.63. The smallest absolute Gasteiger partial charge is 0.227 e. The molecule has 0 radical (unpaired) electrons. The number of nitrogens with zero attached hydrogens (tertiary/aromatic N) is 2. The van der Waals surface area contributed by atoms with Crippen LogP contribution in [0.1, 0.15) is 34.1 Å². The number of halogens is 2. The second kappa shape index (κ2) is 11.8. The molecule has 1 aliphatic rings. The summed E-state index contributed by atoms with van der Waals surface area (Å²) in [5.41, 5.74) is 0.690. The third-order valence-electron chi connectivity index (χ3n) is 4.65. The number of benzene rings is 1. The molecule has 1 saturated heterocycles. The Balaban J connectivity index is 0.00000392. The number of nitrogens with one attached hydrogen (secondary N) is 3. The summed E-state index contributed by atoms with van der Waals surface area (Å²) in [6.45, 7) is 11.6. The summed E-state index contributed by atoms with van der Waals surface area (Å²) in [5.74, 6) is 0.805. The Labute approximate surface area is 194 Å². The largest absolute Gasteiger partial charge is 0.368 e. The highest BCUT2D eigenvalue weighted by Crippen LogP contribution is 2.28. The first-order valence-corrected chi connectivity index (χ1v) is 10.5. The van der Waals surface area contributed by atoms with Crippen LogP contribution in [0.2, 0.25) is 0 Å². The fourth-order valence-electron chi connectivity index (χ4n) is 3.07. The van der Waals surface area contributed by atoms with Gasteiger partial charge in [0, 0.05) is 36.7 Å². The zero-order valence-corrected chi connectivity index (χ0v) is 21.1. The number of aliphatic imine (C=N–C) groups is 1. The van der Waals surface area contributed by atoms with E-state index in [-0.39, 0.29) is 29.9 Å². The van der Waals surface area contributed by atoms with E-state index in [2.05, 4.69) is 60.0 Å². The zero-order chi connectivity index (χ0) is 19.9. The van der Waals surface area contributed by atoms with Gasteiger partial charge in [-0.15, -0.1) is 24.0 Å². The molecule has 3 N–H and O–H groups in total. The minimum atomic E-state index is -0.533. The van der Waals surface area contributed by atoms with Crippen molar-refractivity contribution >= 4 is 57.5 Å². The molecule has 8 heteroatoms. The fourth-order valence-corrected chi connectivity index (χ4v) is 3.60. The molecule has 158 valence electrons. The van der Waals surface area contributed by atoms with Crippen LogP contribution in [0.3, 0.4) is 0 Å². The van der Waals surface area contributed by atoms with Gasteiger partial charge in [0.2, 0.25) is 5.91 Å². The average Bonchev–Trinajstić information content (AvgIpc) is 3.09. The quantitative estimate of drug-likeness (QED) is 0.269. The molecule has 0 saturated carbocycles. The molecule has 1 aliphatic heterocycles. The highest BCUT2D eigenvalue weighted by Gasteiger charge is 2.28. The van der Waals surface area contributed by atoms with Gasteiger partial charge in [0.25, 0.3) is 0 Å². The van der Waals surface area contributed by atoms with Crippen molar-refractivity contribution in [3.8, 4) is 0 Å². The molecule has 28 heavy (non-hydrogen) atoms. The lowest BCUT2D eigenvalue weighted by molar-refractivity contribution is -0.128. The highest BCUT2D eigenvalue weighted by atomic mass is 127. The molecule has 1 atom stereocenters. The minimum Gasteiger partial charge on any atom is -0.368 e. The van der Waals surface area contributed by atoms with E-state index >= 15 is 0 Å². The van der Waals surface area contributed by atoms with Crippen LogP contribution in [-0.2, 0) is 4.79 Å². The van der Waals surface area contributed by atoms with E-state index in [0.717, 1.165) is 36.5 Å². The Bertz CT molecular complexity index is 668. The van der Waals surface area contributed by atoms with E-state index in [1.807, 2.05) is 33.8 Å². The first-order chi connectivity index (χ1) is 12.9. The van der Waals surface area contributed by atoms with Crippen molar-refractivity contribution in [3.63, 3.8) is 0 Å². The van der Waals surface area contributed by atoms with Gasteiger partial charge in [-0.3, -0.25) is 9.79 Å². The van der Waals surface area contributed by atoms with Gasteiger partial charge in [-0.1, -0.05) is 12.1 Å². The van der Waals surface area contributed by atoms with Crippen LogP contribution in [0, 0.1) is 5.41 Å². The normalized spacial score (nSPS) is 17.1. The standard InChI is InChI=1S/C20H32BrN5O.HI/c1-5-22-18(27)20(3,4)14-24-19(23-6-2)25-15-11-12-26(13-15)17-10-8-7-9-16(17)21;/h7-10,15H,5-6,11-14H2,1-4H3,(H,22,27)(H2,23,24,25);1H. The lowest BCUT2D eigenvalue weighted by atomic mass is 9.92. The lowest BCUT2D eigenvalue weighted by Gasteiger charge is -2.23. The first-order valence-electron chi connectivity index (χ1n) is 9.70. The van der Waals surface area contributed by atoms with Gasteiger partial charge < -0.3 is 20.9 Å². The summed E-state index contributed by atoms with van der Waals surface area (Å²) in [5, 5.41) is 9.71. The minimum absolute atomic E-state index is 0. The molecule has 1 amide bonds. The number of carbonyl (C=O) groups excluding carboxylic acids is 1. The monoisotopic (exact) mass is 565 g/mol. The van der Waals surface area contributed by atoms with E-state index in [1.165, 1.54) is 5.69 Å². The summed E-state index contributed by atoms with van der Waals surface area (Å²) in [4.78, 5) is 19.2. The third-order valence-corrected chi connectivity index (χ3v) is 5.32. The highest BCUT2D eigenvalue weighted by molar-refractivity contribution is 14.0. The van der Waals surface area contributed by atoms with Crippen molar-refractivity contribution in [3.05, 3.63) is 28.7 Å². The molecule has 0 spiro atoms. The Morgan fingerprint density at radius 2 is 1.93 bits per heavy atom. The summed E-state index contributed by atoms with van der Waals surface area (Å²) in [6.07, 6.45) is 1.05. The van der Waals surface area contributed by atoms with Gasteiger partial charge in [-0.2, -0.15) is 0 Å². The van der Waals surface area contributed by atoms with Gasteiger partial charge >= 0.3 is 0 Å². The third kappa shape index (κ3) is 7.09. The topological polar surface area (TPSA) is 68.8 Å². The molecule has 0 bridgehead atoms. The van der Waals surface area contributed by atoms with Gasteiger partial charge in [0.1, 0.15) is 0 Å². The number of para-hydroxylation sites is 1. The van der Waals surface area contributed by atoms with Crippen LogP contribution in [0.25, 0.3) is 0 Å². The van der Waals surface area contributed by atoms with Crippen LogP contribution in [0.4, 0.5) is 5.69 Å². The van der Waals surface area contributed by atoms with E-state index in [0.29, 0.717) is 19.1 Å². The molecule has 1 aromatic carbocycles. The Kier molecular flexibility index (Phi) is 10.6. The van der Waals surface area contributed by atoms with Crippen molar-refractivity contribution in [1.29, 1.82) is 0 Å². The Hall–Kier alpha value is -1.03. The summed E-state index contributed by atoms with van der Waals surface area (Å²) < 4.78 is 1.12. The molecule has 1 aromatic rings. The number of hydrogen-bond donors (Lipinski definition) is 3. The molecule has 0 aliphatic carbocycles. The van der Waals surface area contributed by atoms with Crippen LogP contribution in [0.5, 0.6) is 0 Å². The molecule has 1 heterocycles. The molecule has 2 rings (SSSR count). The van der Waals surface area contributed by atoms with Gasteiger partial charge in [-0.25, -0.2) is 0 Å². The van der Waals surface area contributed by atoms with Crippen molar-refractivity contribution < 1.29 is 4.79 Å². The van der Waals surface area contributed by atoms with Crippen LogP contribution in [0.15, 0.2) is 33.7 Å². The summed E-state index contributed by atoms with van der Waals surface area (Å²) in [7, 11) is 0. The van der Waals surface area contributed by atoms with Crippen molar-refractivity contribution in [2.45, 2.75) is 40.2 Å². The average molecular weight is 566 g/mol. The maximum absolute atomic E-state index is 12.2. The van der Waals surface area contributed by atoms with Crippen LogP contribution < -0.4 is 20.9 Å². The molecular formula is C20H33BrIN5O.